The topological polar surface area (TPSA) is 97.6 Å². The van der Waals surface area contributed by atoms with Crippen LogP contribution < -0.4 is 11.1 Å². The van der Waals surface area contributed by atoms with E-state index in [9.17, 15) is 0 Å². The van der Waals surface area contributed by atoms with Crippen LogP contribution in [-0.4, -0.2) is 48.1 Å². The van der Waals surface area contributed by atoms with Crippen molar-refractivity contribution in [1.29, 1.82) is 0 Å². The number of nitrogens with zero attached hydrogens (tertiary/aromatic N) is 2. The molecule has 0 spiro atoms. The van der Waals surface area contributed by atoms with Crippen molar-refractivity contribution in [3.8, 4) is 0 Å². The molecule has 2 aromatic heterocycles. The fraction of sp³-hybridized carbons (Fsp3) is 0.400. The van der Waals surface area contributed by atoms with Gasteiger partial charge in [0, 0.05) is 30.2 Å². The van der Waals surface area contributed by atoms with Gasteiger partial charge in [0.1, 0.15) is 11.5 Å². The molecule has 1 fully saturated rings. The zero-order chi connectivity index (χ0) is 19.2. The number of nitrogens with one attached hydrogen (secondary N) is 2. The lowest BCUT2D eigenvalue weighted by Crippen LogP contribution is -2.34. The van der Waals surface area contributed by atoms with Crippen molar-refractivity contribution in [2.75, 3.05) is 31.7 Å². The fourth-order valence-electron chi connectivity index (χ4n) is 2.87. The summed E-state index contributed by atoms with van der Waals surface area (Å²) >= 11 is 0. The summed E-state index contributed by atoms with van der Waals surface area (Å²) in [5, 5.41) is 4.45. The molecule has 1 saturated heterocycles. The van der Waals surface area contributed by atoms with E-state index in [4.69, 9.17) is 15.2 Å². The van der Waals surface area contributed by atoms with Crippen molar-refractivity contribution in [2.24, 2.45) is 10.7 Å². The van der Waals surface area contributed by atoms with Gasteiger partial charge < -0.3 is 25.5 Å². The molecule has 0 bridgehead atoms. The second kappa shape index (κ2) is 8.83. The third kappa shape index (κ3) is 4.56. The lowest BCUT2D eigenvalue weighted by Gasteiger charge is -2.23. The van der Waals surface area contributed by atoms with Crippen molar-refractivity contribution in [2.45, 2.75) is 26.9 Å². The van der Waals surface area contributed by atoms with Gasteiger partial charge in [0.05, 0.1) is 37.0 Å². The highest BCUT2D eigenvalue weighted by atomic mass is 16.6. The number of aromatic amines is 1. The quantitative estimate of drug-likeness (QED) is 0.680. The van der Waals surface area contributed by atoms with Crippen molar-refractivity contribution in [3.63, 3.8) is 0 Å². The summed E-state index contributed by atoms with van der Waals surface area (Å²) in [6.45, 7) is 8.41. The van der Waals surface area contributed by atoms with Gasteiger partial charge in [0.15, 0.2) is 0 Å². The molecule has 1 unspecified atom stereocenters. The van der Waals surface area contributed by atoms with E-state index < -0.39 is 0 Å². The number of aromatic nitrogens is 2. The maximum Gasteiger partial charge on any atom is 0.140 e. The molecule has 3 heterocycles. The molecule has 0 amide bonds. The van der Waals surface area contributed by atoms with Crippen LogP contribution in [0.4, 0.5) is 5.69 Å². The van der Waals surface area contributed by atoms with Gasteiger partial charge in [0.2, 0.25) is 0 Å². The van der Waals surface area contributed by atoms with Crippen molar-refractivity contribution < 1.29 is 9.47 Å². The Morgan fingerprint density at radius 3 is 3.00 bits per heavy atom. The Balaban J connectivity index is 1.97. The van der Waals surface area contributed by atoms with E-state index in [0.29, 0.717) is 32.2 Å². The molecule has 7 heteroatoms. The van der Waals surface area contributed by atoms with Gasteiger partial charge in [-0.15, -0.1) is 0 Å². The highest BCUT2D eigenvalue weighted by molar-refractivity contribution is 6.18. The number of fused-ring (bicyclic) bond motifs is 1. The number of H-pyrrole nitrogens is 1. The summed E-state index contributed by atoms with van der Waals surface area (Å²) in [6, 6.07) is 1.96. The zero-order valence-corrected chi connectivity index (χ0v) is 16.1. The Morgan fingerprint density at radius 1 is 1.44 bits per heavy atom. The van der Waals surface area contributed by atoms with E-state index in [1.165, 1.54) is 0 Å². The number of aliphatic imine (C=N–C) groups is 1. The molecule has 3 rings (SSSR count). The van der Waals surface area contributed by atoms with Gasteiger partial charge in [-0.25, -0.2) is 9.98 Å². The van der Waals surface area contributed by atoms with Gasteiger partial charge in [0.25, 0.3) is 0 Å². The molecule has 27 heavy (non-hydrogen) atoms. The van der Waals surface area contributed by atoms with Gasteiger partial charge in [-0.05, 0) is 38.5 Å². The summed E-state index contributed by atoms with van der Waals surface area (Å²) in [4.78, 5) is 12.3. The number of ether oxygens (including phenoxy) is 2. The lowest BCUT2D eigenvalue weighted by atomic mass is 10.1. The third-order valence-electron chi connectivity index (χ3n) is 4.33. The van der Waals surface area contributed by atoms with Crippen LogP contribution in [0.25, 0.3) is 11.0 Å². The van der Waals surface area contributed by atoms with E-state index in [2.05, 4.69) is 20.3 Å². The first-order valence-electron chi connectivity index (χ1n) is 9.14. The van der Waals surface area contributed by atoms with Gasteiger partial charge in [-0.3, -0.25) is 0 Å². The van der Waals surface area contributed by atoms with Gasteiger partial charge >= 0.3 is 0 Å². The molecule has 0 aliphatic carbocycles. The highest BCUT2D eigenvalue weighted by Gasteiger charge is 2.17. The number of allylic oxidation sites excluding steroid dienone is 3. The van der Waals surface area contributed by atoms with Crippen LogP contribution in [0, 0.1) is 0 Å². The van der Waals surface area contributed by atoms with Gasteiger partial charge in [-0.1, -0.05) is 6.08 Å². The predicted octanol–water partition coefficient (Wildman–Crippen LogP) is 2.97. The molecule has 1 aliphatic rings. The van der Waals surface area contributed by atoms with E-state index in [1.54, 1.807) is 6.20 Å². The molecular weight excluding hydrogens is 342 g/mol. The molecule has 0 aromatic carbocycles. The van der Waals surface area contributed by atoms with Crippen LogP contribution in [0.1, 0.15) is 26.3 Å². The smallest absolute Gasteiger partial charge is 0.140 e. The maximum atomic E-state index is 6.08. The Kier molecular flexibility index (Phi) is 6.26. The predicted molar refractivity (Wildman–Crippen MR) is 109 cm³/mol. The Bertz CT molecular complexity index is 872. The average Bonchev–Trinajstić information content (AvgIpc) is 3.11. The molecule has 1 atom stereocenters. The number of pyridine rings is 1. The first-order valence-corrected chi connectivity index (χ1v) is 9.14. The summed E-state index contributed by atoms with van der Waals surface area (Å²) in [7, 11) is 0. The second-order valence-corrected chi connectivity index (χ2v) is 6.62. The van der Waals surface area contributed by atoms with Crippen LogP contribution in [0.2, 0.25) is 0 Å². The molecule has 1 aliphatic heterocycles. The van der Waals surface area contributed by atoms with E-state index in [-0.39, 0.29) is 6.10 Å². The van der Waals surface area contributed by atoms with E-state index in [0.717, 1.165) is 33.6 Å². The summed E-state index contributed by atoms with van der Waals surface area (Å²) in [6.07, 6.45) is 7.63. The molecule has 0 radical (unpaired) electrons. The third-order valence-corrected chi connectivity index (χ3v) is 4.33. The molecular formula is C20H27N5O2. The van der Waals surface area contributed by atoms with Crippen LogP contribution in [0.15, 0.2) is 47.0 Å². The maximum absolute atomic E-state index is 6.08. The first-order chi connectivity index (χ1) is 13.1. The Morgan fingerprint density at radius 2 is 2.30 bits per heavy atom. The number of nitrogens with two attached hydrogens (primary N) is 1. The summed E-state index contributed by atoms with van der Waals surface area (Å²) in [5.74, 6) is 0.517. The molecule has 4 N–H and O–H groups in total. The van der Waals surface area contributed by atoms with Crippen molar-refractivity contribution in [1.82, 2.24) is 9.97 Å². The number of rotatable bonds is 6. The highest BCUT2D eigenvalue weighted by Crippen LogP contribution is 2.27. The first kappa shape index (κ1) is 19.1. The minimum absolute atomic E-state index is 0.0364. The number of hydrogen-bond donors (Lipinski definition) is 3. The molecule has 2 aromatic rings. The number of anilines is 1. The van der Waals surface area contributed by atoms with Crippen LogP contribution in [-0.2, 0) is 9.47 Å². The minimum Gasteiger partial charge on any atom is -0.384 e. The fourth-order valence-corrected chi connectivity index (χ4v) is 2.87. The minimum atomic E-state index is 0.0364. The monoisotopic (exact) mass is 369 g/mol. The second-order valence-electron chi connectivity index (χ2n) is 6.62. The Hall–Kier alpha value is -2.64. The normalized spacial score (nSPS) is 18.2. The molecule has 0 saturated carbocycles. The number of hydrogen-bond acceptors (Lipinski definition) is 6. The summed E-state index contributed by atoms with van der Waals surface area (Å²) < 4.78 is 11.2. The van der Waals surface area contributed by atoms with Crippen LogP contribution in [0.5, 0.6) is 0 Å². The molecule has 144 valence electrons. The average molecular weight is 369 g/mol. The van der Waals surface area contributed by atoms with Crippen LogP contribution in [0.3, 0.4) is 0 Å². The van der Waals surface area contributed by atoms with Gasteiger partial charge in [-0.2, -0.15) is 0 Å². The SMILES string of the molecule is C/C=C\C(=N/C(N)=C(C)C)c1c[nH]c2nccc(NCC3COCCO3)c12. The largest absolute Gasteiger partial charge is 0.384 e. The van der Waals surface area contributed by atoms with Crippen molar-refractivity contribution >= 4 is 22.4 Å². The Labute approximate surface area is 159 Å². The zero-order valence-electron chi connectivity index (χ0n) is 16.1. The van der Waals surface area contributed by atoms with E-state index >= 15 is 0 Å². The molecule has 7 nitrogen and oxygen atoms in total. The summed E-state index contributed by atoms with van der Waals surface area (Å²) in [5.41, 5.74) is 10.6. The van der Waals surface area contributed by atoms with Crippen LogP contribution >= 0.6 is 0 Å². The standard InChI is InChI=1S/C20H27N5O2/c1-4-5-16(25-19(21)13(2)3)15-11-24-20-18(15)17(6-7-22-20)23-10-14-12-26-8-9-27-14/h4-7,11,14H,8-10,12,21H2,1-3H3,(H2,22,23,24)/b5-4-,25-16+. The lowest BCUT2D eigenvalue weighted by molar-refractivity contribution is -0.0818. The van der Waals surface area contributed by atoms with Crippen molar-refractivity contribution in [3.05, 3.63) is 47.6 Å². The van der Waals surface area contributed by atoms with E-state index in [1.807, 2.05) is 45.2 Å².